The van der Waals surface area contributed by atoms with Gasteiger partial charge in [-0.05, 0) is 39.5 Å². The molecule has 0 aromatic heterocycles. The molecular formula is C9H24N4. The van der Waals surface area contributed by atoms with Crippen LogP contribution in [0.3, 0.4) is 0 Å². The second-order valence-corrected chi connectivity index (χ2v) is 3.02. The van der Waals surface area contributed by atoms with Gasteiger partial charge in [0.25, 0.3) is 0 Å². The SMILES string of the molecule is CCNCCCNNCCCNC. The largest absolute Gasteiger partial charge is 0.320 e. The van der Waals surface area contributed by atoms with Crippen molar-refractivity contribution in [1.82, 2.24) is 21.5 Å². The van der Waals surface area contributed by atoms with Gasteiger partial charge in [0.15, 0.2) is 0 Å². The summed E-state index contributed by atoms with van der Waals surface area (Å²) >= 11 is 0. The van der Waals surface area contributed by atoms with Crippen molar-refractivity contribution in [3.8, 4) is 0 Å². The van der Waals surface area contributed by atoms with Crippen molar-refractivity contribution in [1.29, 1.82) is 0 Å². The highest BCUT2D eigenvalue weighted by atomic mass is 15.3. The van der Waals surface area contributed by atoms with Gasteiger partial charge in [-0.3, -0.25) is 10.9 Å². The lowest BCUT2D eigenvalue weighted by Gasteiger charge is -2.06. The topological polar surface area (TPSA) is 48.1 Å². The molecule has 0 radical (unpaired) electrons. The van der Waals surface area contributed by atoms with E-state index in [4.69, 9.17) is 0 Å². The molecule has 0 spiro atoms. The van der Waals surface area contributed by atoms with Crippen LogP contribution in [0.5, 0.6) is 0 Å². The highest BCUT2D eigenvalue weighted by Gasteiger charge is 1.87. The fourth-order valence-electron chi connectivity index (χ4n) is 1.01. The van der Waals surface area contributed by atoms with E-state index in [1.165, 1.54) is 6.42 Å². The number of rotatable bonds is 10. The van der Waals surface area contributed by atoms with Crippen molar-refractivity contribution >= 4 is 0 Å². The molecule has 0 heterocycles. The predicted molar refractivity (Wildman–Crippen MR) is 57.7 cm³/mol. The van der Waals surface area contributed by atoms with Gasteiger partial charge in [0.2, 0.25) is 0 Å². The maximum Gasteiger partial charge on any atom is 0.0112 e. The predicted octanol–water partition coefficient (Wildman–Crippen LogP) is -0.310. The number of hydrazine groups is 1. The minimum Gasteiger partial charge on any atom is -0.320 e. The van der Waals surface area contributed by atoms with E-state index in [1.54, 1.807) is 0 Å². The molecule has 0 bridgehead atoms. The van der Waals surface area contributed by atoms with Crippen LogP contribution in [0.25, 0.3) is 0 Å². The summed E-state index contributed by atoms with van der Waals surface area (Å²) in [4.78, 5) is 0. The molecular weight excluding hydrogens is 164 g/mol. The summed E-state index contributed by atoms with van der Waals surface area (Å²) in [5.41, 5.74) is 6.36. The zero-order valence-electron chi connectivity index (χ0n) is 8.95. The molecule has 4 N–H and O–H groups in total. The van der Waals surface area contributed by atoms with Crippen LogP contribution in [0.4, 0.5) is 0 Å². The van der Waals surface area contributed by atoms with Gasteiger partial charge >= 0.3 is 0 Å². The van der Waals surface area contributed by atoms with Crippen molar-refractivity contribution in [3.63, 3.8) is 0 Å². The smallest absolute Gasteiger partial charge is 0.0112 e. The summed E-state index contributed by atoms with van der Waals surface area (Å²) < 4.78 is 0. The van der Waals surface area contributed by atoms with Crippen LogP contribution in [-0.4, -0.2) is 39.8 Å². The average Bonchev–Trinajstić information content (AvgIpc) is 2.16. The van der Waals surface area contributed by atoms with Crippen molar-refractivity contribution in [2.75, 3.05) is 39.8 Å². The third kappa shape index (κ3) is 11.8. The van der Waals surface area contributed by atoms with E-state index < -0.39 is 0 Å². The lowest BCUT2D eigenvalue weighted by atomic mass is 10.4. The van der Waals surface area contributed by atoms with Crippen LogP contribution in [0, 0.1) is 0 Å². The Hall–Kier alpha value is -0.160. The maximum absolute atomic E-state index is 3.28. The van der Waals surface area contributed by atoms with Gasteiger partial charge in [0, 0.05) is 13.1 Å². The van der Waals surface area contributed by atoms with Crippen LogP contribution in [0.15, 0.2) is 0 Å². The molecule has 0 aliphatic rings. The zero-order chi connectivity index (χ0) is 9.78. The Balaban J connectivity index is 2.76. The third-order valence-electron chi connectivity index (χ3n) is 1.76. The molecule has 0 saturated carbocycles. The van der Waals surface area contributed by atoms with Crippen molar-refractivity contribution in [3.05, 3.63) is 0 Å². The number of hydrogen-bond donors (Lipinski definition) is 4. The quantitative estimate of drug-likeness (QED) is 0.281. The Kier molecular flexibility index (Phi) is 11.7. The highest BCUT2D eigenvalue weighted by Crippen LogP contribution is 1.72. The maximum atomic E-state index is 3.28. The van der Waals surface area contributed by atoms with Crippen molar-refractivity contribution in [2.45, 2.75) is 19.8 Å². The second-order valence-electron chi connectivity index (χ2n) is 3.02. The molecule has 0 aliphatic heterocycles. The Morgan fingerprint density at radius 3 is 2.00 bits per heavy atom. The molecule has 80 valence electrons. The summed E-state index contributed by atoms with van der Waals surface area (Å²) in [5, 5.41) is 6.39. The Bertz CT molecular complexity index is 77.7. The van der Waals surface area contributed by atoms with Crippen LogP contribution >= 0.6 is 0 Å². The zero-order valence-corrected chi connectivity index (χ0v) is 8.95. The first-order valence-electron chi connectivity index (χ1n) is 5.22. The molecule has 4 nitrogen and oxygen atoms in total. The Morgan fingerprint density at radius 1 is 0.846 bits per heavy atom. The first-order chi connectivity index (χ1) is 6.41. The Labute approximate surface area is 81.8 Å². The van der Waals surface area contributed by atoms with Gasteiger partial charge in [-0.15, -0.1) is 0 Å². The molecule has 0 aromatic rings. The van der Waals surface area contributed by atoms with Gasteiger partial charge < -0.3 is 10.6 Å². The fourth-order valence-corrected chi connectivity index (χ4v) is 1.01. The standard InChI is InChI=1S/C9H24N4/c1-3-11-7-5-9-13-12-8-4-6-10-2/h10-13H,3-9H2,1-2H3. The summed E-state index contributed by atoms with van der Waals surface area (Å²) in [6, 6.07) is 0. The van der Waals surface area contributed by atoms with Gasteiger partial charge in [0.1, 0.15) is 0 Å². The molecule has 4 heteroatoms. The fraction of sp³-hybridized carbons (Fsp3) is 1.00. The van der Waals surface area contributed by atoms with Gasteiger partial charge in [-0.1, -0.05) is 6.92 Å². The summed E-state index contributed by atoms with van der Waals surface area (Å²) in [6.07, 6.45) is 2.34. The van der Waals surface area contributed by atoms with E-state index >= 15 is 0 Å². The molecule has 0 unspecified atom stereocenters. The molecule has 0 amide bonds. The molecule has 0 fully saturated rings. The van der Waals surface area contributed by atoms with E-state index in [0.29, 0.717) is 0 Å². The summed E-state index contributed by atoms with van der Waals surface area (Å²) in [6.45, 7) is 7.43. The second kappa shape index (κ2) is 11.8. The normalized spacial score (nSPS) is 10.6. The lowest BCUT2D eigenvalue weighted by molar-refractivity contribution is 0.498. The van der Waals surface area contributed by atoms with E-state index in [0.717, 1.165) is 39.1 Å². The third-order valence-corrected chi connectivity index (χ3v) is 1.76. The lowest BCUT2D eigenvalue weighted by Crippen LogP contribution is -2.35. The molecule has 13 heavy (non-hydrogen) atoms. The van der Waals surface area contributed by atoms with Crippen LogP contribution in [-0.2, 0) is 0 Å². The number of nitrogens with one attached hydrogen (secondary N) is 4. The van der Waals surface area contributed by atoms with Gasteiger partial charge in [-0.25, -0.2) is 0 Å². The van der Waals surface area contributed by atoms with Crippen molar-refractivity contribution in [2.24, 2.45) is 0 Å². The monoisotopic (exact) mass is 188 g/mol. The molecule has 0 rings (SSSR count). The van der Waals surface area contributed by atoms with Crippen molar-refractivity contribution < 1.29 is 0 Å². The summed E-state index contributed by atoms with van der Waals surface area (Å²) in [7, 11) is 1.98. The van der Waals surface area contributed by atoms with E-state index in [2.05, 4.69) is 28.4 Å². The van der Waals surface area contributed by atoms with E-state index in [9.17, 15) is 0 Å². The minimum absolute atomic E-state index is 1.03. The van der Waals surface area contributed by atoms with Crippen LogP contribution < -0.4 is 21.5 Å². The van der Waals surface area contributed by atoms with Crippen LogP contribution in [0.2, 0.25) is 0 Å². The molecule has 0 aromatic carbocycles. The molecule has 0 aliphatic carbocycles. The first kappa shape index (κ1) is 12.8. The summed E-state index contributed by atoms with van der Waals surface area (Å²) in [5.74, 6) is 0. The highest BCUT2D eigenvalue weighted by molar-refractivity contribution is 4.48. The van der Waals surface area contributed by atoms with Gasteiger partial charge in [0.05, 0.1) is 0 Å². The Morgan fingerprint density at radius 2 is 1.46 bits per heavy atom. The van der Waals surface area contributed by atoms with Gasteiger partial charge in [-0.2, -0.15) is 0 Å². The number of hydrogen-bond acceptors (Lipinski definition) is 4. The van der Waals surface area contributed by atoms with E-state index in [-0.39, 0.29) is 0 Å². The molecule has 0 atom stereocenters. The van der Waals surface area contributed by atoms with E-state index in [1.807, 2.05) is 7.05 Å². The first-order valence-corrected chi connectivity index (χ1v) is 5.22. The molecule has 0 saturated heterocycles. The average molecular weight is 188 g/mol. The minimum atomic E-state index is 1.03. The van der Waals surface area contributed by atoms with Crippen LogP contribution in [0.1, 0.15) is 19.8 Å².